The van der Waals surface area contributed by atoms with Crippen LogP contribution in [0.25, 0.3) is 0 Å². The standard InChI is InChI=1S/C14H16FNO5/c1-20-11-4-2-3-10(15)13(11)14(19)16-5-6-21-9(8-16)7-12(17)18/h2-4,9H,5-8H2,1H3,(H,17,18). The maximum atomic E-state index is 13.9. The first-order valence-electron chi connectivity index (χ1n) is 6.48. The maximum absolute atomic E-state index is 13.9. The van der Waals surface area contributed by atoms with Crippen LogP contribution in [0.3, 0.4) is 0 Å². The van der Waals surface area contributed by atoms with Crippen LogP contribution in [0.4, 0.5) is 4.39 Å². The first-order chi connectivity index (χ1) is 10.0. The van der Waals surface area contributed by atoms with E-state index in [-0.39, 0.29) is 37.4 Å². The summed E-state index contributed by atoms with van der Waals surface area (Å²) in [5, 5.41) is 8.77. The van der Waals surface area contributed by atoms with Gasteiger partial charge in [-0.15, -0.1) is 0 Å². The molecule has 1 heterocycles. The lowest BCUT2D eigenvalue weighted by Gasteiger charge is -2.32. The minimum absolute atomic E-state index is 0.114. The molecule has 1 amide bonds. The maximum Gasteiger partial charge on any atom is 0.306 e. The van der Waals surface area contributed by atoms with Crippen molar-refractivity contribution in [2.75, 3.05) is 26.8 Å². The van der Waals surface area contributed by atoms with Gasteiger partial charge in [0.05, 0.1) is 26.2 Å². The summed E-state index contributed by atoms with van der Waals surface area (Å²) in [5.41, 5.74) is -0.143. The molecular weight excluding hydrogens is 281 g/mol. The van der Waals surface area contributed by atoms with Crippen LogP contribution in [0.15, 0.2) is 18.2 Å². The van der Waals surface area contributed by atoms with Gasteiger partial charge in [-0.3, -0.25) is 9.59 Å². The Hall–Kier alpha value is -2.15. The van der Waals surface area contributed by atoms with Gasteiger partial charge in [0.15, 0.2) is 0 Å². The number of morpholine rings is 1. The Morgan fingerprint density at radius 1 is 1.52 bits per heavy atom. The molecule has 0 saturated carbocycles. The molecule has 1 aromatic rings. The normalized spacial score (nSPS) is 18.4. The fraction of sp³-hybridized carbons (Fsp3) is 0.429. The average molecular weight is 297 g/mol. The number of methoxy groups -OCH3 is 1. The lowest BCUT2D eigenvalue weighted by atomic mass is 10.1. The Bertz CT molecular complexity index is 548. The smallest absolute Gasteiger partial charge is 0.306 e. The van der Waals surface area contributed by atoms with Crippen molar-refractivity contribution in [1.82, 2.24) is 4.90 Å². The van der Waals surface area contributed by atoms with Gasteiger partial charge in [-0.1, -0.05) is 6.07 Å². The van der Waals surface area contributed by atoms with Crippen LogP contribution >= 0.6 is 0 Å². The first-order valence-corrected chi connectivity index (χ1v) is 6.48. The molecule has 1 fully saturated rings. The van der Waals surface area contributed by atoms with Gasteiger partial charge in [0, 0.05) is 13.1 Å². The van der Waals surface area contributed by atoms with Crippen LogP contribution in [-0.4, -0.2) is 54.8 Å². The molecule has 114 valence electrons. The molecule has 21 heavy (non-hydrogen) atoms. The van der Waals surface area contributed by atoms with Gasteiger partial charge >= 0.3 is 5.97 Å². The number of hydrogen-bond donors (Lipinski definition) is 1. The van der Waals surface area contributed by atoms with Gasteiger partial charge in [-0.05, 0) is 12.1 Å². The molecule has 1 saturated heterocycles. The Labute approximate surface area is 121 Å². The molecule has 1 aromatic carbocycles. The summed E-state index contributed by atoms with van der Waals surface area (Å²) >= 11 is 0. The summed E-state index contributed by atoms with van der Waals surface area (Å²) in [7, 11) is 1.36. The molecule has 0 bridgehead atoms. The summed E-state index contributed by atoms with van der Waals surface area (Å²) in [6.07, 6.45) is -0.781. The van der Waals surface area contributed by atoms with E-state index in [9.17, 15) is 14.0 Å². The van der Waals surface area contributed by atoms with Crippen molar-refractivity contribution in [2.24, 2.45) is 0 Å². The SMILES string of the molecule is COc1cccc(F)c1C(=O)N1CCOC(CC(=O)O)C1. The zero-order valence-corrected chi connectivity index (χ0v) is 11.5. The van der Waals surface area contributed by atoms with Gasteiger partial charge in [-0.2, -0.15) is 0 Å². The van der Waals surface area contributed by atoms with E-state index in [0.29, 0.717) is 0 Å². The molecule has 1 atom stereocenters. The molecular formula is C14H16FNO5. The minimum Gasteiger partial charge on any atom is -0.496 e. The second-order valence-electron chi connectivity index (χ2n) is 4.66. The lowest BCUT2D eigenvalue weighted by Crippen LogP contribution is -2.46. The zero-order chi connectivity index (χ0) is 15.4. The number of rotatable bonds is 4. The quantitative estimate of drug-likeness (QED) is 0.902. The van der Waals surface area contributed by atoms with Crippen molar-refractivity contribution < 1.29 is 28.6 Å². The molecule has 2 rings (SSSR count). The number of halogens is 1. The predicted octanol–water partition coefficient (Wildman–Crippen LogP) is 1.15. The van der Waals surface area contributed by atoms with Crippen molar-refractivity contribution in [2.45, 2.75) is 12.5 Å². The Kier molecular flexibility index (Phi) is 4.74. The molecule has 7 heteroatoms. The fourth-order valence-electron chi connectivity index (χ4n) is 2.26. The van der Waals surface area contributed by atoms with E-state index in [1.54, 1.807) is 0 Å². The van der Waals surface area contributed by atoms with Crippen molar-refractivity contribution in [3.63, 3.8) is 0 Å². The third kappa shape index (κ3) is 3.49. The monoisotopic (exact) mass is 297 g/mol. The molecule has 1 unspecified atom stereocenters. The summed E-state index contributed by atoms with van der Waals surface area (Å²) in [5.74, 6) is -2.04. The highest BCUT2D eigenvalue weighted by Gasteiger charge is 2.29. The van der Waals surface area contributed by atoms with Crippen molar-refractivity contribution in [1.29, 1.82) is 0 Å². The number of benzene rings is 1. The van der Waals surface area contributed by atoms with E-state index in [1.807, 2.05) is 0 Å². The van der Waals surface area contributed by atoms with E-state index >= 15 is 0 Å². The van der Waals surface area contributed by atoms with Gasteiger partial charge in [0.25, 0.3) is 5.91 Å². The molecule has 0 spiro atoms. The second-order valence-corrected chi connectivity index (χ2v) is 4.66. The van der Waals surface area contributed by atoms with Crippen molar-refractivity contribution in [3.05, 3.63) is 29.6 Å². The molecule has 6 nitrogen and oxygen atoms in total. The largest absolute Gasteiger partial charge is 0.496 e. The predicted molar refractivity (Wildman–Crippen MR) is 70.8 cm³/mol. The van der Waals surface area contributed by atoms with E-state index in [0.717, 1.165) is 0 Å². The van der Waals surface area contributed by atoms with E-state index in [2.05, 4.69) is 0 Å². The Balaban J connectivity index is 2.18. The van der Waals surface area contributed by atoms with Crippen LogP contribution < -0.4 is 4.74 Å². The molecule has 1 aliphatic rings. The highest BCUT2D eigenvalue weighted by Crippen LogP contribution is 2.24. The fourth-order valence-corrected chi connectivity index (χ4v) is 2.26. The number of carboxylic acids is 1. The Morgan fingerprint density at radius 3 is 2.95 bits per heavy atom. The number of nitrogens with zero attached hydrogens (tertiary/aromatic N) is 1. The van der Waals surface area contributed by atoms with Gasteiger partial charge in [0.2, 0.25) is 0 Å². The number of carboxylic acid groups (broad SMARTS) is 1. The van der Waals surface area contributed by atoms with E-state index < -0.39 is 23.8 Å². The second kappa shape index (κ2) is 6.53. The summed E-state index contributed by atoms with van der Waals surface area (Å²) in [4.78, 5) is 24.5. The van der Waals surface area contributed by atoms with Gasteiger partial charge < -0.3 is 19.5 Å². The number of ether oxygens (including phenoxy) is 2. The average Bonchev–Trinajstić information content (AvgIpc) is 2.45. The van der Waals surface area contributed by atoms with Gasteiger partial charge in [-0.25, -0.2) is 4.39 Å². The molecule has 1 N–H and O–H groups in total. The van der Waals surface area contributed by atoms with E-state index in [1.165, 1.54) is 30.2 Å². The highest BCUT2D eigenvalue weighted by molar-refractivity contribution is 5.97. The summed E-state index contributed by atoms with van der Waals surface area (Å²) in [6, 6.07) is 4.15. The Morgan fingerprint density at radius 2 is 2.29 bits per heavy atom. The third-order valence-corrected chi connectivity index (χ3v) is 3.24. The summed E-state index contributed by atoms with van der Waals surface area (Å²) in [6.45, 7) is 0.621. The van der Waals surface area contributed by atoms with Crippen LogP contribution in [0.1, 0.15) is 16.8 Å². The number of amides is 1. The number of carbonyl (C=O) groups is 2. The highest BCUT2D eigenvalue weighted by atomic mass is 19.1. The van der Waals surface area contributed by atoms with E-state index in [4.69, 9.17) is 14.6 Å². The molecule has 0 aromatic heterocycles. The topological polar surface area (TPSA) is 76.1 Å². The molecule has 0 aliphatic carbocycles. The van der Waals surface area contributed by atoms with Crippen molar-refractivity contribution >= 4 is 11.9 Å². The lowest BCUT2D eigenvalue weighted by molar-refractivity contribution is -0.141. The van der Waals surface area contributed by atoms with Crippen molar-refractivity contribution in [3.8, 4) is 5.75 Å². The van der Waals surface area contributed by atoms with Gasteiger partial charge in [0.1, 0.15) is 17.1 Å². The zero-order valence-electron chi connectivity index (χ0n) is 11.5. The van der Waals surface area contributed by atoms with Crippen LogP contribution in [0, 0.1) is 5.82 Å². The molecule has 1 aliphatic heterocycles. The number of aliphatic carboxylic acids is 1. The van der Waals surface area contributed by atoms with Crippen LogP contribution in [0.2, 0.25) is 0 Å². The third-order valence-electron chi connectivity index (χ3n) is 3.24. The first kappa shape index (κ1) is 15.2. The summed E-state index contributed by atoms with van der Waals surface area (Å²) < 4.78 is 24.2. The minimum atomic E-state index is -1.00. The number of carbonyl (C=O) groups excluding carboxylic acids is 1. The molecule has 0 radical (unpaired) electrons. The van der Waals surface area contributed by atoms with Crippen LogP contribution in [-0.2, 0) is 9.53 Å². The van der Waals surface area contributed by atoms with Crippen LogP contribution in [0.5, 0.6) is 5.75 Å². The number of hydrogen-bond acceptors (Lipinski definition) is 4.